The van der Waals surface area contributed by atoms with Gasteiger partial charge in [-0.3, -0.25) is 0 Å². The maximum atomic E-state index is 13.8. The SMILES string of the molecule is CS(=O)(=O)c1cccc(C(N)c2ccc(Cl)cc2F)c1. The molecule has 0 fully saturated rings. The van der Waals surface area contributed by atoms with E-state index in [1.807, 2.05) is 0 Å². The monoisotopic (exact) mass is 313 g/mol. The molecule has 106 valence electrons. The zero-order valence-corrected chi connectivity index (χ0v) is 12.2. The lowest BCUT2D eigenvalue weighted by Gasteiger charge is -2.14. The molecule has 0 radical (unpaired) electrons. The lowest BCUT2D eigenvalue weighted by Crippen LogP contribution is -2.14. The minimum absolute atomic E-state index is 0.153. The Morgan fingerprint density at radius 3 is 2.50 bits per heavy atom. The van der Waals surface area contributed by atoms with E-state index in [1.165, 1.54) is 24.3 Å². The Kier molecular flexibility index (Phi) is 4.13. The van der Waals surface area contributed by atoms with Gasteiger partial charge in [0.25, 0.3) is 0 Å². The summed E-state index contributed by atoms with van der Waals surface area (Å²) in [7, 11) is -3.33. The molecule has 1 atom stereocenters. The van der Waals surface area contributed by atoms with Crippen LogP contribution in [0.25, 0.3) is 0 Å². The van der Waals surface area contributed by atoms with Crippen LogP contribution in [0, 0.1) is 5.82 Å². The van der Waals surface area contributed by atoms with Crippen molar-refractivity contribution in [1.29, 1.82) is 0 Å². The first-order valence-corrected chi connectivity index (χ1v) is 8.06. The van der Waals surface area contributed by atoms with E-state index in [9.17, 15) is 12.8 Å². The van der Waals surface area contributed by atoms with E-state index in [0.717, 1.165) is 6.26 Å². The average Bonchev–Trinajstić information content (AvgIpc) is 2.37. The van der Waals surface area contributed by atoms with Crippen LogP contribution in [-0.2, 0) is 9.84 Å². The molecule has 0 heterocycles. The van der Waals surface area contributed by atoms with Crippen LogP contribution in [0.4, 0.5) is 4.39 Å². The van der Waals surface area contributed by atoms with Crippen LogP contribution in [0.15, 0.2) is 47.4 Å². The van der Waals surface area contributed by atoms with Crippen molar-refractivity contribution in [2.45, 2.75) is 10.9 Å². The first-order chi connectivity index (χ1) is 9.29. The summed E-state index contributed by atoms with van der Waals surface area (Å²) in [5.41, 5.74) is 6.79. The Morgan fingerprint density at radius 1 is 1.20 bits per heavy atom. The number of sulfone groups is 1. The van der Waals surface area contributed by atoms with E-state index in [-0.39, 0.29) is 15.5 Å². The molecule has 2 N–H and O–H groups in total. The fourth-order valence-corrected chi connectivity index (χ4v) is 2.71. The highest BCUT2D eigenvalue weighted by Gasteiger charge is 2.16. The molecule has 1 unspecified atom stereocenters. The van der Waals surface area contributed by atoms with Gasteiger partial charge in [-0.15, -0.1) is 0 Å². The van der Waals surface area contributed by atoms with Crippen molar-refractivity contribution in [3.63, 3.8) is 0 Å². The molecule has 2 aromatic carbocycles. The zero-order valence-electron chi connectivity index (χ0n) is 10.7. The van der Waals surface area contributed by atoms with Crippen LogP contribution >= 0.6 is 11.6 Å². The van der Waals surface area contributed by atoms with Crippen molar-refractivity contribution in [1.82, 2.24) is 0 Å². The molecule has 0 spiro atoms. The normalized spacial score (nSPS) is 13.2. The number of rotatable bonds is 3. The second kappa shape index (κ2) is 5.52. The Hall–Kier alpha value is -1.43. The molecule has 0 aliphatic rings. The largest absolute Gasteiger partial charge is 0.320 e. The third-order valence-electron chi connectivity index (χ3n) is 2.94. The molecule has 20 heavy (non-hydrogen) atoms. The van der Waals surface area contributed by atoms with Crippen molar-refractivity contribution in [3.05, 3.63) is 64.4 Å². The van der Waals surface area contributed by atoms with Gasteiger partial charge >= 0.3 is 0 Å². The summed E-state index contributed by atoms with van der Waals surface area (Å²) in [5.74, 6) is -0.519. The highest BCUT2D eigenvalue weighted by Crippen LogP contribution is 2.25. The molecule has 0 saturated carbocycles. The Morgan fingerprint density at radius 2 is 1.90 bits per heavy atom. The van der Waals surface area contributed by atoms with Crippen LogP contribution in [-0.4, -0.2) is 14.7 Å². The van der Waals surface area contributed by atoms with Gasteiger partial charge in [-0.25, -0.2) is 12.8 Å². The van der Waals surface area contributed by atoms with E-state index in [4.69, 9.17) is 17.3 Å². The van der Waals surface area contributed by atoms with Gasteiger partial charge in [0.05, 0.1) is 10.9 Å². The van der Waals surface area contributed by atoms with E-state index in [2.05, 4.69) is 0 Å². The van der Waals surface area contributed by atoms with Gasteiger partial charge < -0.3 is 5.73 Å². The number of hydrogen-bond donors (Lipinski definition) is 1. The van der Waals surface area contributed by atoms with Gasteiger partial charge in [0.2, 0.25) is 0 Å². The summed E-state index contributed by atoms with van der Waals surface area (Å²) >= 11 is 5.69. The minimum Gasteiger partial charge on any atom is -0.320 e. The quantitative estimate of drug-likeness (QED) is 0.947. The standard InChI is InChI=1S/C14H13ClFNO2S/c1-20(18,19)11-4-2-3-9(7-11)14(17)12-6-5-10(15)8-13(12)16/h2-8,14H,17H2,1H3. The smallest absolute Gasteiger partial charge is 0.175 e. The molecule has 0 saturated heterocycles. The van der Waals surface area contributed by atoms with Crippen LogP contribution in [0.1, 0.15) is 17.2 Å². The topological polar surface area (TPSA) is 60.2 Å². The highest BCUT2D eigenvalue weighted by atomic mass is 35.5. The van der Waals surface area contributed by atoms with E-state index in [1.54, 1.807) is 18.2 Å². The molecule has 2 aromatic rings. The van der Waals surface area contributed by atoms with Crippen molar-refractivity contribution in [2.24, 2.45) is 5.73 Å². The Labute approximate surface area is 122 Å². The lowest BCUT2D eigenvalue weighted by atomic mass is 9.99. The summed E-state index contributed by atoms with van der Waals surface area (Å²) in [4.78, 5) is 0.153. The minimum atomic E-state index is -3.33. The number of nitrogens with two attached hydrogens (primary N) is 1. The summed E-state index contributed by atoms with van der Waals surface area (Å²) in [6, 6.07) is 9.63. The summed E-state index contributed by atoms with van der Waals surface area (Å²) in [6.07, 6.45) is 1.11. The molecular formula is C14H13ClFNO2S. The van der Waals surface area contributed by atoms with E-state index < -0.39 is 21.7 Å². The van der Waals surface area contributed by atoms with Crippen LogP contribution in [0.5, 0.6) is 0 Å². The van der Waals surface area contributed by atoms with Crippen LogP contribution < -0.4 is 5.73 Å². The zero-order chi connectivity index (χ0) is 14.9. The third kappa shape index (κ3) is 3.17. The van der Waals surface area contributed by atoms with E-state index in [0.29, 0.717) is 5.56 Å². The first-order valence-electron chi connectivity index (χ1n) is 5.79. The second-order valence-corrected chi connectivity index (χ2v) is 6.94. The number of halogens is 2. The third-order valence-corrected chi connectivity index (χ3v) is 4.29. The van der Waals surface area contributed by atoms with Crippen LogP contribution in [0.2, 0.25) is 5.02 Å². The molecule has 0 aliphatic carbocycles. The fraction of sp³-hybridized carbons (Fsp3) is 0.143. The average molecular weight is 314 g/mol. The van der Waals surface area contributed by atoms with Crippen molar-refractivity contribution >= 4 is 21.4 Å². The van der Waals surface area contributed by atoms with Gasteiger partial charge in [-0.2, -0.15) is 0 Å². The molecular weight excluding hydrogens is 301 g/mol. The number of hydrogen-bond acceptors (Lipinski definition) is 3. The van der Waals surface area contributed by atoms with Crippen molar-refractivity contribution in [3.8, 4) is 0 Å². The maximum absolute atomic E-state index is 13.8. The van der Waals surface area contributed by atoms with Gasteiger partial charge in [0.15, 0.2) is 9.84 Å². The molecule has 0 aromatic heterocycles. The Bertz CT molecular complexity index is 747. The predicted molar refractivity (Wildman–Crippen MR) is 77.0 cm³/mol. The first kappa shape index (κ1) is 15.0. The molecule has 6 heteroatoms. The van der Waals surface area contributed by atoms with Crippen LogP contribution in [0.3, 0.4) is 0 Å². The van der Waals surface area contributed by atoms with E-state index >= 15 is 0 Å². The molecule has 0 aliphatic heterocycles. The maximum Gasteiger partial charge on any atom is 0.175 e. The van der Waals surface area contributed by atoms with Gasteiger partial charge in [-0.1, -0.05) is 29.8 Å². The highest BCUT2D eigenvalue weighted by molar-refractivity contribution is 7.90. The van der Waals surface area contributed by atoms with Crippen molar-refractivity contribution in [2.75, 3.05) is 6.26 Å². The Balaban J connectivity index is 2.46. The second-order valence-electron chi connectivity index (χ2n) is 4.49. The predicted octanol–water partition coefficient (Wildman–Crippen LogP) is 2.93. The molecule has 0 amide bonds. The summed E-state index contributed by atoms with van der Waals surface area (Å²) in [6.45, 7) is 0. The lowest BCUT2D eigenvalue weighted by molar-refractivity contribution is 0.598. The van der Waals surface area contributed by atoms with Gasteiger partial charge in [-0.05, 0) is 29.8 Å². The summed E-state index contributed by atoms with van der Waals surface area (Å²) in [5, 5.41) is 0.281. The summed E-state index contributed by atoms with van der Waals surface area (Å²) < 4.78 is 36.9. The molecule has 3 nitrogen and oxygen atoms in total. The van der Waals surface area contributed by atoms with Crippen molar-refractivity contribution < 1.29 is 12.8 Å². The molecule has 2 rings (SSSR count). The molecule has 0 bridgehead atoms. The van der Waals surface area contributed by atoms with Gasteiger partial charge in [0.1, 0.15) is 5.82 Å². The van der Waals surface area contributed by atoms with Gasteiger partial charge in [0, 0.05) is 16.8 Å². The number of benzene rings is 2. The fourth-order valence-electron chi connectivity index (χ4n) is 1.87.